The van der Waals surface area contributed by atoms with E-state index < -0.39 is 11.9 Å². The maximum absolute atomic E-state index is 11.0. The van der Waals surface area contributed by atoms with Crippen LogP contribution in [0.3, 0.4) is 0 Å². The van der Waals surface area contributed by atoms with Gasteiger partial charge in [-0.25, -0.2) is 4.98 Å². The van der Waals surface area contributed by atoms with Crippen molar-refractivity contribution in [3.63, 3.8) is 0 Å². The van der Waals surface area contributed by atoms with E-state index in [-0.39, 0.29) is 6.61 Å². The zero-order valence-corrected chi connectivity index (χ0v) is 9.31. The van der Waals surface area contributed by atoms with E-state index >= 15 is 0 Å². The molecule has 16 heavy (non-hydrogen) atoms. The lowest BCUT2D eigenvalue weighted by molar-refractivity contribution is -0.138. The van der Waals surface area contributed by atoms with Gasteiger partial charge >= 0.3 is 5.97 Å². The Morgan fingerprint density at radius 1 is 1.56 bits per heavy atom. The Morgan fingerprint density at radius 3 is 2.94 bits per heavy atom. The van der Waals surface area contributed by atoms with E-state index in [0.717, 1.165) is 31.5 Å². The van der Waals surface area contributed by atoms with Crippen molar-refractivity contribution >= 4 is 5.97 Å². The average Bonchev–Trinajstić information content (AvgIpc) is 2.66. The highest BCUT2D eigenvalue weighted by Gasteiger charge is 2.25. The van der Waals surface area contributed by atoms with Crippen molar-refractivity contribution in [3.05, 3.63) is 17.2 Å². The monoisotopic (exact) mass is 224 g/mol. The third-order valence-corrected chi connectivity index (χ3v) is 3.14. The molecule has 1 aliphatic heterocycles. The number of carboxylic acids is 1. The molecular weight excluding hydrogens is 208 g/mol. The van der Waals surface area contributed by atoms with Crippen LogP contribution in [-0.2, 0) is 24.4 Å². The number of nitrogens with zero attached hydrogens (tertiary/aromatic N) is 2. The number of carbonyl (C=O) groups is 1. The number of carboxylic acid groups (broad SMARTS) is 1. The number of hydrogen-bond donors (Lipinski definition) is 2. The van der Waals surface area contributed by atoms with Gasteiger partial charge in [-0.15, -0.1) is 0 Å². The Morgan fingerprint density at radius 2 is 2.31 bits per heavy atom. The van der Waals surface area contributed by atoms with Crippen molar-refractivity contribution in [2.45, 2.75) is 45.3 Å². The molecule has 1 atom stereocenters. The minimum atomic E-state index is -0.872. The van der Waals surface area contributed by atoms with Gasteiger partial charge in [0.25, 0.3) is 0 Å². The van der Waals surface area contributed by atoms with Gasteiger partial charge in [0, 0.05) is 12.2 Å². The molecule has 1 aromatic rings. The van der Waals surface area contributed by atoms with Crippen molar-refractivity contribution in [3.8, 4) is 0 Å². The first-order chi connectivity index (χ1) is 7.65. The fourth-order valence-electron chi connectivity index (χ4n) is 2.22. The molecule has 1 aliphatic rings. The van der Waals surface area contributed by atoms with Gasteiger partial charge in [-0.05, 0) is 26.2 Å². The summed E-state index contributed by atoms with van der Waals surface area (Å²) in [7, 11) is 0. The first-order valence-corrected chi connectivity index (χ1v) is 5.57. The van der Waals surface area contributed by atoms with Crippen LogP contribution in [0.5, 0.6) is 0 Å². The number of aliphatic carboxylic acids is 1. The number of imidazole rings is 1. The highest BCUT2D eigenvalue weighted by Crippen LogP contribution is 2.25. The molecule has 5 heteroatoms. The van der Waals surface area contributed by atoms with Crippen LogP contribution in [0.4, 0.5) is 0 Å². The van der Waals surface area contributed by atoms with E-state index in [1.54, 1.807) is 6.92 Å². The number of hydrogen-bond acceptors (Lipinski definition) is 3. The van der Waals surface area contributed by atoms with Gasteiger partial charge in [0.1, 0.15) is 11.7 Å². The summed E-state index contributed by atoms with van der Waals surface area (Å²) in [4.78, 5) is 15.2. The smallest absolute Gasteiger partial charge is 0.313 e. The molecule has 0 aliphatic carbocycles. The molecule has 0 spiro atoms. The molecule has 88 valence electrons. The summed E-state index contributed by atoms with van der Waals surface area (Å²) in [5.74, 6) is -0.911. The lowest BCUT2D eigenvalue weighted by Gasteiger charge is -2.18. The second-order valence-corrected chi connectivity index (χ2v) is 4.19. The summed E-state index contributed by atoms with van der Waals surface area (Å²) in [6.45, 7) is 2.34. The minimum Gasteiger partial charge on any atom is -0.481 e. The molecule has 2 rings (SSSR count). The molecular formula is C11H16N2O3. The quantitative estimate of drug-likeness (QED) is 0.799. The van der Waals surface area contributed by atoms with E-state index in [1.165, 1.54) is 0 Å². The molecule has 0 radical (unpaired) electrons. The van der Waals surface area contributed by atoms with Crippen LogP contribution in [-0.4, -0.2) is 25.7 Å². The van der Waals surface area contributed by atoms with E-state index in [0.29, 0.717) is 11.5 Å². The number of aliphatic hydroxyl groups is 1. The summed E-state index contributed by atoms with van der Waals surface area (Å²) in [6, 6.07) is 0. The van der Waals surface area contributed by atoms with Gasteiger partial charge in [0.2, 0.25) is 0 Å². The lowest BCUT2D eigenvalue weighted by atomic mass is 10.1. The zero-order valence-electron chi connectivity index (χ0n) is 9.31. The van der Waals surface area contributed by atoms with E-state index in [1.807, 2.05) is 4.57 Å². The van der Waals surface area contributed by atoms with Crippen molar-refractivity contribution in [2.75, 3.05) is 0 Å². The summed E-state index contributed by atoms with van der Waals surface area (Å²) >= 11 is 0. The molecule has 0 amide bonds. The molecule has 0 aromatic carbocycles. The molecule has 1 aromatic heterocycles. The summed E-state index contributed by atoms with van der Waals surface area (Å²) in [5, 5.41) is 18.2. The predicted octanol–water partition coefficient (Wildman–Crippen LogP) is 0.900. The maximum Gasteiger partial charge on any atom is 0.313 e. The van der Waals surface area contributed by atoms with Gasteiger partial charge < -0.3 is 14.8 Å². The minimum absolute atomic E-state index is 0.109. The van der Waals surface area contributed by atoms with Crippen LogP contribution in [0.1, 0.15) is 42.9 Å². The molecule has 2 N–H and O–H groups in total. The van der Waals surface area contributed by atoms with E-state index in [4.69, 9.17) is 5.11 Å². The summed E-state index contributed by atoms with van der Waals surface area (Å²) in [6.07, 6.45) is 3.02. The molecule has 5 nitrogen and oxygen atoms in total. The van der Waals surface area contributed by atoms with Gasteiger partial charge in [-0.1, -0.05) is 0 Å². The lowest BCUT2D eigenvalue weighted by Crippen LogP contribution is -2.18. The van der Waals surface area contributed by atoms with Crippen LogP contribution in [0.2, 0.25) is 0 Å². The second kappa shape index (κ2) is 4.25. The van der Waals surface area contributed by atoms with E-state index in [2.05, 4.69) is 4.98 Å². The Labute approximate surface area is 93.7 Å². The van der Waals surface area contributed by atoms with Gasteiger partial charge in [0.05, 0.1) is 12.3 Å². The van der Waals surface area contributed by atoms with Crippen molar-refractivity contribution in [1.29, 1.82) is 0 Å². The van der Waals surface area contributed by atoms with Crippen LogP contribution in [0.15, 0.2) is 0 Å². The average molecular weight is 224 g/mol. The molecule has 1 unspecified atom stereocenters. The second-order valence-electron chi connectivity index (χ2n) is 4.19. The Hall–Kier alpha value is -1.36. The summed E-state index contributed by atoms with van der Waals surface area (Å²) in [5.41, 5.74) is 1.65. The number of fused-ring (bicyclic) bond motifs is 1. The Bertz CT molecular complexity index is 412. The van der Waals surface area contributed by atoms with Crippen molar-refractivity contribution < 1.29 is 15.0 Å². The Kier molecular flexibility index (Phi) is 2.96. The third-order valence-electron chi connectivity index (χ3n) is 3.14. The third kappa shape index (κ3) is 1.71. The predicted molar refractivity (Wildman–Crippen MR) is 57.1 cm³/mol. The first kappa shape index (κ1) is 11.1. The molecule has 0 saturated heterocycles. The Balaban J connectivity index is 2.45. The molecule has 0 bridgehead atoms. The standard InChI is InChI=1S/C11H16N2O3/c1-7(11(15)16)10-12-8(6-14)9-4-2-3-5-13(9)10/h7,14H,2-6H2,1H3,(H,15,16). The summed E-state index contributed by atoms with van der Waals surface area (Å²) < 4.78 is 1.97. The van der Waals surface area contributed by atoms with Gasteiger partial charge in [0.15, 0.2) is 0 Å². The van der Waals surface area contributed by atoms with Crippen LogP contribution < -0.4 is 0 Å². The number of aromatic nitrogens is 2. The SMILES string of the molecule is CC(C(=O)O)c1nc(CO)c2n1CCCC2. The van der Waals surface area contributed by atoms with Gasteiger partial charge in [-0.2, -0.15) is 0 Å². The molecule has 0 fully saturated rings. The number of aliphatic hydroxyl groups excluding tert-OH is 1. The fraction of sp³-hybridized carbons (Fsp3) is 0.636. The highest BCUT2D eigenvalue weighted by molar-refractivity contribution is 5.74. The fourth-order valence-corrected chi connectivity index (χ4v) is 2.22. The largest absolute Gasteiger partial charge is 0.481 e. The van der Waals surface area contributed by atoms with Crippen molar-refractivity contribution in [1.82, 2.24) is 9.55 Å². The topological polar surface area (TPSA) is 75.3 Å². The first-order valence-electron chi connectivity index (χ1n) is 5.57. The highest BCUT2D eigenvalue weighted by atomic mass is 16.4. The maximum atomic E-state index is 11.0. The zero-order chi connectivity index (χ0) is 11.7. The molecule has 2 heterocycles. The molecule has 0 saturated carbocycles. The van der Waals surface area contributed by atoms with Crippen LogP contribution >= 0.6 is 0 Å². The van der Waals surface area contributed by atoms with E-state index in [9.17, 15) is 9.90 Å². The van der Waals surface area contributed by atoms with Gasteiger partial charge in [-0.3, -0.25) is 4.79 Å². The van der Waals surface area contributed by atoms with Crippen molar-refractivity contribution in [2.24, 2.45) is 0 Å². The normalized spacial score (nSPS) is 16.9. The van der Waals surface area contributed by atoms with Crippen LogP contribution in [0.25, 0.3) is 0 Å². The van der Waals surface area contributed by atoms with Crippen LogP contribution in [0, 0.1) is 0 Å². The number of rotatable bonds is 3.